The normalized spacial score (nSPS) is 14.7. The van der Waals surface area contributed by atoms with Gasteiger partial charge >= 0.3 is 0 Å². The summed E-state index contributed by atoms with van der Waals surface area (Å²) in [6, 6.07) is 7.87. The Hall–Kier alpha value is -2.61. The fourth-order valence-electron chi connectivity index (χ4n) is 3.37. The molecule has 1 amide bonds. The molecule has 3 aromatic rings. The summed E-state index contributed by atoms with van der Waals surface area (Å²) in [4.78, 5) is 22.7. The van der Waals surface area contributed by atoms with E-state index in [-0.39, 0.29) is 5.91 Å². The molecule has 0 unspecified atom stereocenters. The van der Waals surface area contributed by atoms with Gasteiger partial charge in [-0.2, -0.15) is 0 Å². The van der Waals surface area contributed by atoms with E-state index >= 15 is 0 Å². The Morgan fingerprint density at radius 2 is 1.93 bits per heavy atom. The smallest absolute Gasteiger partial charge is 0.255 e. The predicted octanol–water partition coefficient (Wildman–Crippen LogP) is 2.51. The lowest BCUT2D eigenvalue weighted by atomic mass is 10.2. The summed E-state index contributed by atoms with van der Waals surface area (Å²) in [5.74, 6) is 2.72. The highest BCUT2D eigenvalue weighted by Gasteiger charge is 2.25. The van der Waals surface area contributed by atoms with E-state index in [1.54, 1.807) is 18.0 Å². The molecule has 1 aliphatic heterocycles. The maximum absolute atomic E-state index is 13.0. The van der Waals surface area contributed by atoms with Gasteiger partial charge in [-0.3, -0.25) is 9.20 Å². The molecule has 0 aliphatic carbocycles. The number of amides is 1. The third-order valence-electron chi connectivity index (χ3n) is 4.76. The molecule has 0 atom stereocenters. The standard InChI is InChI=1S/C19H22N6OS/c1-3-27-16-7-5-4-6-15(16)19(26)24-12-10-23(11-13-24)17-18-22-21-14(2)25(18)9-8-20-17/h4-9H,3,10-13H2,1-2H3. The summed E-state index contributed by atoms with van der Waals surface area (Å²) >= 11 is 1.71. The Kier molecular flexibility index (Phi) is 4.98. The number of carbonyl (C=O) groups is 1. The van der Waals surface area contributed by atoms with Crippen LogP contribution in [-0.2, 0) is 0 Å². The van der Waals surface area contributed by atoms with Crippen molar-refractivity contribution in [3.8, 4) is 0 Å². The Morgan fingerprint density at radius 1 is 1.15 bits per heavy atom. The summed E-state index contributed by atoms with van der Waals surface area (Å²) in [5, 5.41) is 8.39. The number of aryl methyl sites for hydroxylation is 1. The van der Waals surface area contributed by atoms with Crippen molar-refractivity contribution < 1.29 is 4.79 Å². The molecule has 1 aliphatic rings. The summed E-state index contributed by atoms with van der Waals surface area (Å²) < 4.78 is 1.94. The summed E-state index contributed by atoms with van der Waals surface area (Å²) in [6.07, 6.45) is 3.64. The molecule has 0 N–H and O–H groups in total. The molecule has 0 bridgehead atoms. The van der Waals surface area contributed by atoms with Gasteiger partial charge in [0.25, 0.3) is 5.91 Å². The summed E-state index contributed by atoms with van der Waals surface area (Å²) in [6.45, 7) is 6.82. The van der Waals surface area contributed by atoms with Gasteiger partial charge in [-0.1, -0.05) is 19.1 Å². The van der Waals surface area contributed by atoms with Crippen molar-refractivity contribution in [1.29, 1.82) is 0 Å². The van der Waals surface area contributed by atoms with Gasteiger partial charge in [0.15, 0.2) is 5.82 Å². The second-order valence-corrected chi connectivity index (χ2v) is 7.71. The van der Waals surface area contributed by atoms with Crippen LogP contribution in [0.1, 0.15) is 23.1 Å². The van der Waals surface area contributed by atoms with E-state index in [0.29, 0.717) is 13.1 Å². The maximum atomic E-state index is 13.0. The number of hydrogen-bond acceptors (Lipinski definition) is 6. The second kappa shape index (κ2) is 7.56. The van der Waals surface area contributed by atoms with Crippen molar-refractivity contribution in [2.45, 2.75) is 18.7 Å². The van der Waals surface area contributed by atoms with Crippen LogP contribution in [0.25, 0.3) is 5.65 Å². The predicted molar refractivity (Wildman–Crippen MR) is 106 cm³/mol. The van der Waals surface area contributed by atoms with Crippen LogP contribution in [-0.4, -0.2) is 62.3 Å². The molecule has 4 rings (SSSR count). The minimum atomic E-state index is 0.107. The second-order valence-electron chi connectivity index (χ2n) is 6.40. The Labute approximate surface area is 162 Å². The molecule has 0 saturated carbocycles. The average molecular weight is 382 g/mol. The van der Waals surface area contributed by atoms with Crippen LogP contribution in [0.2, 0.25) is 0 Å². The van der Waals surface area contributed by atoms with Crippen molar-refractivity contribution in [1.82, 2.24) is 24.5 Å². The van der Waals surface area contributed by atoms with Gasteiger partial charge in [0, 0.05) is 43.5 Å². The van der Waals surface area contributed by atoms with Crippen molar-refractivity contribution in [2.75, 3.05) is 36.8 Å². The zero-order valence-electron chi connectivity index (χ0n) is 15.5. The number of thioether (sulfide) groups is 1. The van der Waals surface area contributed by atoms with Gasteiger partial charge in [0.2, 0.25) is 5.65 Å². The molecule has 27 heavy (non-hydrogen) atoms. The minimum absolute atomic E-state index is 0.107. The quantitative estimate of drug-likeness (QED) is 0.646. The van der Waals surface area contributed by atoms with Gasteiger partial charge in [0.05, 0.1) is 5.56 Å². The number of aromatic nitrogens is 4. The third-order valence-corrected chi connectivity index (χ3v) is 5.72. The van der Waals surface area contributed by atoms with E-state index in [2.05, 4.69) is 27.0 Å². The van der Waals surface area contributed by atoms with Gasteiger partial charge in [-0.05, 0) is 24.8 Å². The Bertz CT molecular complexity index is 964. The third kappa shape index (κ3) is 3.37. The fraction of sp³-hybridized carbons (Fsp3) is 0.368. The highest BCUT2D eigenvalue weighted by molar-refractivity contribution is 7.99. The number of fused-ring (bicyclic) bond motifs is 1. The largest absolute Gasteiger partial charge is 0.350 e. The molecule has 8 heteroatoms. The van der Waals surface area contributed by atoms with E-state index in [4.69, 9.17) is 0 Å². The lowest BCUT2D eigenvalue weighted by molar-refractivity contribution is 0.0743. The van der Waals surface area contributed by atoms with E-state index in [1.807, 2.05) is 46.7 Å². The first-order valence-electron chi connectivity index (χ1n) is 9.11. The molecule has 1 aromatic carbocycles. The maximum Gasteiger partial charge on any atom is 0.255 e. The first kappa shape index (κ1) is 17.8. The van der Waals surface area contributed by atoms with E-state index in [1.165, 1.54) is 0 Å². The van der Waals surface area contributed by atoms with Gasteiger partial charge in [0.1, 0.15) is 5.82 Å². The van der Waals surface area contributed by atoms with Gasteiger partial charge < -0.3 is 9.80 Å². The molecular formula is C19H22N6OS. The average Bonchev–Trinajstić information content (AvgIpc) is 3.09. The fourth-order valence-corrected chi connectivity index (χ4v) is 4.16. The Balaban J connectivity index is 1.50. The van der Waals surface area contributed by atoms with Crippen molar-refractivity contribution >= 4 is 29.1 Å². The number of rotatable bonds is 4. The molecule has 1 saturated heterocycles. The van der Waals surface area contributed by atoms with Crippen LogP contribution in [0.3, 0.4) is 0 Å². The number of nitrogens with zero attached hydrogens (tertiary/aromatic N) is 6. The highest BCUT2D eigenvalue weighted by atomic mass is 32.2. The number of hydrogen-bond donors (Lipinski definition) is 0. The monoisotopic (exact) mass is 382 g/mol. The number of anilines is 1. The summed E-state index contributed by atoms with van der Waals surface area (Å²) in [5.41, 5.74) is 1.56. The van der Waals surface area contributed by atoms with Crippen LogP contribution in [0.5, 0.6) is 0 Å². The van der Waals surface area contributed by atoms with Crippen molar-refractivity contribution in [3.63, 3.8) is 0 Å². The molecule has 140 valence electrons. The van der Waals surface area contributed by atoms with Crippen LogP contribution < -0.4 is 4.90 Å². The van der Waals surface area contributed by atoms with Gasteiger partial charge in [-0.25, -0.2) is 4.98 Å². The molecule has 2 aromatic heterocycles. The first-order chi connectivity index (χ1) is 13.2. The number of carbonyl (C=O) groups excluding carboxylic acids is 1. The Morgan fingerprint density at radius 3 is 2.70 bits per heavy atom. The van der Waals surface area contributed by atoms with E-state index < -0.39 is 0 Å². The SMILES string of the molecule is CCSc1ccccc1C(=O)N1CCN(c2nccn3c(C)nnc23)CC1. The summed E-state index contributed by atoms with van der Waals surface area (Å²) in [7, 11) is 0. The number of piperazine rings is 1. The van der Waals surface area contributed by atoms with Crippen LogP contribution in [0.4, 0.5) is 5.82 Å². The van der Waals surface area contributed by atoms with Crippen molar-refractivity contribution in [2.24, 2.45) is 0 Å². The zero-order valence-corrected chi connectivity index (χ0v) is 16.3. The molecule has 0 spiro atoms. The lowest BCUT2D eigenvalue weighted by Gasteiger charge is -2.35. The number of benzene rings is 1. The van der Waals surface area contributed by atoms with E-state index in [0.717, 1.165) is 46.6 Å². The van der Waals surface area contributed by atoms with Crippen LogP contribution >= 0.6 is 11.8 Å². The molecule has 3 heterocycles. The highest BCUT2D eigenvalue weighted by Crippen LogP contribution is 2.25. The first-order valence-corrected chi connectivity index (χ1v) is 10.1. The molecular weight excluding hydrogens is 360 g/mol. The van der Waals surface area contributed by atoms with Gasteiger partial charge in [-0.15, -0.1) is 22.0 Å². The molecule has 0 radical (unpaired) electrons. The lowest BCUT2D eigenvalue weighted by Crippen LogP contribution is -2.49. The van der Waals surface area contributed by atoms with Crippen LogP contribution in [0.15, 0.2) is 41.6 Å². The molecule has 1 fully saturated rings. The van der Waals surface area contributed by atoms with Crippen molar-refractivity contribution in [3.05, 3.63) is 48.0 Å². The van der Waals surface area contributed by atoms with E-state index in [9.17, 15) is 4.79 Å². The minimum Gasteiger partial charge on any atom is -0.350 e. The van der Waals surface area contributed by atoms with Crippen LogP contribution in [0, 0.1) is 6.92 Å². The topological polar surface area (TPSA) is 66.6 Å². The zero-order chi connectivity index (χ0) is 18.8. The molecule has 7 nitrogen and oxygen atoms in total.